The van der Waals surface area contributed by atoms with Crippen LogP contribution in [0.5, 0.6) is 0 Å². The monoisotopic (exact) mass is 502 g/mol. The summed E-state index contributed by atoms with van der Waals surface area (Å²) < 4.78 is 0. The summed E-state index contributed by atoms with van der Waals surface area (Å²) in [5.74, 6) is 0.363. The summed E-state index contributed by atoms with van der Waals surface area (Å²) in [6, 6.07) is 7.43. The van der Waals surface area contributed by atoms with Gasteiger partial charge in [0.2, 0.25) is 5.91 Å². The first kappa shape index (κ1) is 27.8. The first-order valence-electron chi connectivity index (χ1n) is 12.6. The zero-order valence-electron chi connectivity index (χ0n) is 23.1. The Kier molecular flexibility index (Phi) is 7.77. The van der Waals surface area contributed by atoms with E-state index in [9.17, 15) is 14.7 Å². The van der Waals surface area contributed by atoms with Gasteiger partial charge in [-0.3, -0.25) is 9.59 Å². The van der Waals surface area contributed by atoms with Crippen molar-refractivity contribution in [3.63, 3.8) is 0 Å². The number of nitrogens with one attached hydrogen (secondary N) is 1. The molecule has 3 rings (SSSR count). The summed E-state index contributed by atoms with van der Waals surface area (Å²) in [7, 11) is 0. The Morgan fingerprint density at radius 1 is 1.19 bits per heavy atom. The Hall–Kier alpha value is -3.74. The van der Waals surface area contributed by atoms with Crippen molar-refractivity contribution in [2.75, 3.05) is 11.1 Å². The number of nitrogen functional groups attached to an aromatic ring is 1. The van der Waals surface area contributed by atoms with Gasteiger partial charge in [-0.2, -0.15) is 0 Å². The number of benzene rings is 1. The van der Waals surface area contributed by atoms with Crippen LogP contribution in [0.3, 0.4) is 0 Å². The molecule has 196 valence electrons. The minimum atomic E-state index is -1.08. The molecular formula is C30H38N4O3. The number of carboxylic acids is 1. The van der Waals surface area contributed by atoms with Crippen LogP contribution >= 0.6 is 0 Å². The molecule has 1 unspecified atom stereocenters. The molecule has 0 spiro atoms. The molecule has 1 aromatic carbocycles. The zero-order chi connectivity index (χ0) is 27.7. The molecular weight excluding hydrogens is 464 g/mol. The fourth-order valence-electron chi connectivity index (χ4n) is 4.66. The Labute approximate surface area is 219 Å². The topological polar surface area (TPSA) is 118 Å². The summed E-state index contributed by atoms with van der Waals surface area (Å²) >= 11 is 0. The molecule has 1 aliphatic rings. The molecule has 4 N–H and O–H groups in total. The molecule has 1 aromatic heterocycles. The maximum Gasteiger partial charge on any atom is 0.309 e. The third kappa shape index (κ3) is 5.08. The number of hydrogen-bond acceptors (Lipinski definition) is 5. The fraction of sp³-hybridized carbons (Fsp3) is 0.400. The minimum Gasteiger partial charge on any atom is -0.481 e. The van der Waals surface area contributed by atoms with Crippen LogP contribution in [0, 0.1) is 11.3 Å². The molecule has 0 saturated carbocycles. The van der Waals surface area contributed by atoms with Gasteiger partial charge < -0.3 is 16.2 Å². The number of rotatable bonds is 8. The van der Waals surface area contributed by atoms with Crippen LogP contribution < -0.4 is 11.1 Å². The second-order valence-electron chi connectivity index (χ2n) is 10.8. The average Bonchev–Trinajstić information content (AvgIpc) is 3.09. The quantitative estimate of drug-likeness (QED) is 0.386. The highest BCUT2D eigenvalue weighted by Crippen LogP contribution is 2.45. The smallest absolute Gasteiger partial charge is 0.309 e. The lowest BCUT2D eigenvalue weighted by atomic mass is 9.77. The number of fused-ring (bicyclic) bond motifs is 1. The molecule has 0 saturated heterocycles. The van der Waals surface area contributed by atoms with Crippen molar-refractivity contribution in [2.45, 2.75) is 67.2 Å². The van der Waals surface area contributed by atoms with E-state index in [0.717, 1.165) is 22.3 Å². The van der Waals surface area contributed by atoms with Gasteiger partial charge in [0.15, 0.2) is 5.82 Å². The number of carboxylic acid groups (broad SMARTS) is 1. The van der Waals surface area contributed by atoms with E-state index >= 15 is 0 Å². The number of aliphatic carboxylic acids is 1. The molecule has 2 heterocycles. The number of aromatic nitrogens is 2. The van der Waals surface area contributed by atoms with E-state index in [0.29, 0.717) is 29.5 Å². The number of hydrogen-bond donors (Lipinski definition) is 3. The lowest BCUT2D eigenvalue weighted by Gasteiger charge is -2.25. The maximum atomic E-state index is 13.3. The summed E-state index contributed by atoms with van der Waals surface area (Å²) in [6.45, 7) is 15.5. The molecule has 2 aromatic rings. The van der Waals surface area contributed by atoms with Gasteiger partial charge in [0.1, 0.15) is 17.1 Å². The molecule has 1 aliphatic heterocycles. The van der Waals surface area contributed by atoms with Crippen molar-refractivity contribution < 1.29 is 14.7 Å². The standard InChI is InChI=1S/C30H38N4O3/c1-9-11-22(18(5)17(3)4)21(10-2)25-32-24(31)23-26(33-25)34-27(35)30(23,8)20-14-12-19(13-15-20)16-29(6,7)28(36)37/h9-15,17H,16H2,1-8H3,(H,36,37)(H3,31,32,33,34,35)/b11-9-,21-10+,22-18-. The summed E-state index contributed by atoms with van der Waals surface area (Å²) in [5.41, 5.74) is 9.80. The van der Waals surface area contributed by atoms with Crippen LogP contribution in [-0.4, -0.2) is 27.0 Å². The third-order valence-electron chi connectivity index (χ3n) is 7.32. The van der Waals surface area contributed by atoms with Crippen molar-refractivity contribution in [3.8, 4) is 0 Å². The lowest BCUT2D eigenvalue weighted by molar-refractivity contribution is -0.146. The van der Waals surface area contributed by atoms with Crippen LogP contribution in [-0.2, 0) is 21.4 Å². The molecule has 7 heteroatoms. The van der Waals surface area contributed by atoms with Crippen molar-refractivity contribution >= 4 is 29.1 Å². The van der Waals surface area contributed by atoms with E-state index in [-0.39, 0.29) is 11.7 Å². The highest BCUT2D eigenvalue weighted by Gasteiger charge is 2.47. The summed E-state index contributed by atoms with van der Waals surface area (Å²) in [6.07, 6.45) is 6.38. The molecule has 0 bridgehead atoms. The fourth-order valence-corrected chi connectivity index (χ4v) is 4.66. The average molecular weight is 503 g/mol. The Morgan fingerprint density at radius 2 is 1.81 bits per heavy atom. The van der Waals surface area contributed by atoms with Gasteiger partial charge in [-0.1, -0.05) is 61.9 Å². The molecule has 1 amide bonds. The summed E-state index contributed by atoms with van der Waals surface area (Å²) in [5, 5.41) is 12.4. The highest BCUT2D eigenvalue weighted by atomic mass is 16.4. The second-order valence-corrected chi connectivity index (χ2v) is 10.8. The van der Waals surface area contributed by atoms with Gasteiger partial charge in [0.05, 0.1) is 11.0 Å². The predicted octanol–water partition coefficient (Wildman–Crippen LogP) is 5.92. The van der Waals surface area contributed by atoms with E-state index in [1.165, 1.54) is 5.57 Å². The SMILES string of the molecule is C\C=C/C(=C(\C)C(C)C)C(=C\C)/c1nc(N)c2c(n1)NC(=O)C2(C)c1ccc(CC(C)(C)C(=O)O)cc1. The van der Waals surface area contributed by atoms with Gasteiger partial charge in [0, 0.05) is 5.57 Å². The van der Waals surface area contributed by atoms with Crippen LogP contribution in [0.2, 0.25) is 0 Å². The highest BCUT2D eigenvalue weighted by molar-refractivity contribution is 6.09. The molecule has 0 fully saturated rings. The van der Waals surface area contributed by atoms with Crippen molar-refractivity contribution in [3.05, 3.63) is 76.2 Å². The van der Waals surface area contributed by atoms with Gasteiger partial charge >= 0.3 is 5.97 Å². The van der Waals surface area contributed by atoms with E-state index < -0.39 is 16.8 Å². The van der Waals surface area contributed by atoms with Crippen molar-refractivity contribution in [1.82, 2.24) is 9.97 Å². The largest absolute Gasteiger partial charge is 0.481 e. The number of allylic oxidation sites excluding steroid dienone is 6. The molecule has 0 aliphatic carbocycles. The van der Waals surface area contributed by atoms with Crippen LogP contribution in [0.4, 0.5) is 11.6 Å². The first-order chi connectivity index (χ1) is 17.3. The van der Waals surface area contributed by atoms with E-state index in [2.05, 4.69) is 31.1 Å². The van der Waals surface area contributed by atoms with Crippen LogP contribution in [0.1, 0.15) is 77.9 Å². The number of anilines is 2. The Balaban J connectivity index is 2.08. The molecule has 7 nitrogen and oxygen atoms in total. The Bertz CT molecular complexity index is 1320. The predicted molar refractivity (Wildman–Crippen MR) is 149 cm³/mol. The minimum absolute atomic E-state index is 0.233. The maximum absolute atomic E-state index is 13.3. The van der Waals surface area contributed by atoms with Crippen molar-refractivity contribution in [1.29, 1.82) is 0 Å². The number of nitrogens with two attached hydrogens (primary N) is 1. The van der Waals surface area contributed by atoms with E-state index in [4.69, 9.17) is 10.7 Å². The van der Waals surface area contributed by atoms with E-state index in [1.807, 2.05) is 63.3 Å². The Morgan fingerprint density at radius 3 is 2.32 bits per heavy atom. The third-order valence-corrected chi connectivity index (χ3v) is 7.32. The van der Waals surface area contributed by atoms with Gasteiger partial charge in [0.25, 0.3) is 0 Å². The van der Waals surface area contributed by atoms with Crippen molar-refractivity contribution in [2.24, 2.45) is 11.3 Å². The van der Waals surface area contributed by atoms with Gasteiger partial charge in [-0.15, -0.1) is 0 Å². The first-order valence-corrected chi connectivity index (χ1v) is 12.6. The number of nitrogens with zero attached hydrogens (tertiary/aromatic N) is 2. The molecule has 0 radical (unpaired) electrons. The number of amides is 1. The molecule has 1 atom stereocenters. The second kappa shape index (κ2) is 10.3. The van der Waals surface area contributed by atoms with Crippen LogP contribution in [0.25, 0.3) is 5.57 Å². The van der Waals surface area contributed by atoms with Gasteiger partial charge in [-0.25, -0.2) is 9.97 Å². The van der Waals surface area contributed by atoms with E-state index in [1.54, 1.807) is 13.8 Å². The normalized spacial score (nSPS) is 18.7. The van der Waals surface area contributed by atoms with Gasteiger partial charge in [-0.05, 0) is 70.6 Å². The number of carbonyl (C=O) groups excluding carboxylic acids is 1. The number of carbonyl (C=O) groups is 2. The lowest BCUT2D eigenvalue weighted by Crippen LogP contribution is -2.33. The zero-order valence-corrected chi connectivity index (χ0v) is 23.1. The van der Waals surface area contributed by atoms with Crippen LogP contribution in [0.15, 0.2) is 53.6 Å². The molecule has 37 heavy (non-hydrogen) atoms. The summed E-state index contributed by atoms with van der Waals surface area (Å²) in [4.78, 5) is 34.3.